The number of benzene rings is 2. The van der Waals surface area contributed by atoms with Gasteiger partial charge in [-0.3, -0.25) is 0 Å². The third kappa shape index (κ3) is 3.52. The highest BCUT2D eigenvalue weighted by molar-refractivity contribution is 7.89. The minimum Gasteiger partial charge on any atom is -0.488 e. The Balaban J connectivity index is 1.75. The number of carboxylic acid groups (broad SMARTS) is 1. The van der Waals surface area contributed by atoms with Gasteiger partial charge in [0.25, 0.3) is 0 Å². The van der Waals surface area contributed by atoms with Gasteiger partial charge in [0, 0.05) is 29.9 Å². The predicted molar refractivity (Wildman–Crippen MR) is 128 cm³/mol. The number of pyridine rings is 1. The number of aromatic nitrogens is 1. The number of hydrogen-bond donors (Lipinski definition) is 1. The van der Waals surface area contributed by atoms with Crippen LogP contribution in [0, 0.1) is 0 Å². The van der Waals surface area contributed by atoms with Crippen molar-refractivity contribution in [3.05, 3.63) is 65.9 Å². The van der Waals surface area contributed by atoms with E-state index < -0.39 is 16.0 Å². The normalized spacial score (nSPS) is 18.4. The maximum atomic E-state index is 13.7. The fraction of sp³-hybridized carbons (Fsp3) is 0.280. The monoisotopic (exact) mass is 479 g/mol. The van der Waals surface area contributed by atoms with E-state index in [0.29, 0.717) is 34.7 Å². The van der Waals surface area contributed by atoms with Crippen LogP contribution in [0.15, 0.2) is 59.5 Å². The number of ether oxygens (including phenoxy) is 1. The van der Waals surface area contributed by atoms with Crippen LogP contribution in [0.3, 0.4) is 0 Å². The van der Waals surface area contributed by atoms with Crippen LogP contribution < -0.4 is 9.64 Å². The van der Waals surface area contributed by atoms with E-state index >= 15 is 0 Å². The molecule has 2 aliphatic heterocycles. The first-order chi connectivity index (χ1) is 16.3. The van der Waals surface area contributed by atoms with Crippen molar-refractivity contribution in [3.63, 3.8) is 0 Å². The standard InChI is InChI=1S/C25H25N3O5S/c1-3-4-10-23-27(2)34(31,32)22-13-18-21(14-20(22)28(23)17-8-6-5-7-9-17)33-15-16-11-12-19(25(29)30)26-24(16)18/h5-9,11-14,23H,3-4,10,15H2,1-2H3,(H,29,30)/t23-/m0/s1. The molecule has 3 aromatic rings. The van der Waals surface area contributed by atoms with Gasteiger partial charge in [-0.25, -0.2) is 18.2 Å². The first kappa shape index (κ1) is 22.4. The number of rotatable bonds is 5. The molecule has 0 bridgehead atoms. The molecular weight excluding hydrogens is 454 g/mol. The molecule has 34 heavy (non-hydrogen) atoms. The molecule has 1 N–H and O–H groups in total. The van der Waals surface area contributed by atoms with Crippen LogP contribution in [0.2, 0.25) is 0 Å². The van der Waals surface area contributed by atoms with E-state index in [1.807, 2.05) is 35.2 Å². The first-order valence-electron chi connectivity index (χ1n) is 11.2. The largest absolute Gasteiger partial charge is 0.488 e. The average Bonchev–Trinajstić information content (AvgIpc) is 2.84. The summed E-state index contributed by atoms with van der Waals surface area (Å²) in [6.45, 7) is 2.31. The highest BCUT2D eigenvalue weighted by Crippen LogP contribution is 2.48. The lowest BCUT2D eigenvalue weighted by molar-refractivity contribution is 0.0690. The third-order valence-corrected chi connectivity index (χ3v) is 8.27. The van der Waals surface area contributed by atoms with Crippen LogP contribution in [0.4, 0.5) is 11.4 Å². The molecule has 9 heteroatoms. The summed E-state index contributed by atoms with van der Waals surface area (Å²) in [5, 5.41) is 9.40. The molecule has 0 amide bonds. The lowest BCUT2D eigenvalue weighted by Crippen LogP contribution is -2.51. The van der Waals surface area contributed by atoms with Crippen molar-refractivity contribution in [2.75, 3.05) is 11.9 Å². The minimum atomic E-state index is -3.81. The quantitative estimate of drug-likeness (QED) is 0.570. The van der Waals surface area contributed by atoms with E-state index in [2.05, 4.69) is 11.9 Å². The lowest BCUT2D eigenvalue weighted by Gasteiger charge is -2.44. The molecule has 0 saturated carbocycles. The Kier molecular flexibility index (Phi) is 5.53. The summed E-state index contributed by atoms with van der Waals surface area (Å²) in [5.74, 6) is -0.661. The number of carboxylic acids is 1. The summed E-state index contributed by atoms with van der Waals surface area (Å²) in [4.78, 5) is 18.0. The molecule has 1 atom stereocenters. The highest BCUT2D eigenvalue weighted by Gasteiger charge is 2.42. The van der Waals surface area contributed by atoms with E-state index in [0.717, 1.165) is 18.5 Å². The molecule has 0 saturated heterocycles. The Morgan fingerprint density at radius 2 is 1.94 bits per heavy atom. The number of carbonyl (C=O) groups is 1. The Hall–Kier alpha value is -3.43. The fourth-order valence-electron chi connectivity index (χ4n) is 4.60. The zero-order valence-corrected chi connectivity index (χ0v) is 19.7. The van der Waals surface area contributed by atoms with E-state index in [-0.39, 0.29) is 23.4 Å². The molecule has 2 aromatic carbocycles. The molecule has 3 heterocycles. The molecular formula is C25H25N3O5S. The predicted octanol–water partition coefficient (Wildman–Crippen LogP) is 4.63. The molecule has 0 aliphatic carbocycles. The van der Waals surface area contributed by atoms with Crippen molar-refractivity contribution in [1.29, 1.82) is 0 Å². The molecule has 2 aliphatic rings. The second-order valence-corrected chi connectivity index (χ2v) is 10.4. The van der Waals surface area contributed by atoms with Crippen molar-refractivity contribution in [1.82, 2.24) is 9.29 Å². The van der Waals surface area contributed by atoms with Gasteiger partial charge in [0.15, 0.2) is 0 Å². The van der Waals surface area contributed by atoms with Crippen molar-refractivity contribution in [3.8, 4) is 17.0 Å². The van der Waals surface area contributed by atoms with Gasteiger partial charge in [-0.1, -0.05) is 44.0 Å². The van der Waals surface area contributed by atoms with Crippen LogP contribution in [0.1, 0.15) is 42.2 Å². The smallest absolute Gasteiger partial charge is 0.354 e. The number of hydrogen-bond acceptors (Lipinski definition) is 6. The minimum absolute atomic E-state index is 0.102. The fourth-order valence-corrected chi connectivity index (χ4v) is 6.12. The molecule has 0 spiro atoms. The Morgan fingerprint density at radius 3 is 2.65 bits per heavy atom. The van der Waals surface area contributed by atoms with Gasteiger partial charge in [-0.05, 0) is 30.7 Å². The zero-order valence-electron chi connectivity index (χ0n) is 18.9. The van der Waals surface area contributed by atoms with E-state index in [1.165, 1.54) is 10.4 Å². The number of fused-ring (bicyclic) bond motifs is 4. The molecule has 1 aromatic heterocycles. The molecule has 0 unspecified atom stereocenters. The maximum Gasteiger partial charge on any atom is 0.354 e. The number of para-hydroxylation sites is 1. The number of nitrogens with zero attached hydrogens (tertiary/aromatic N) is 3. The molecule has 176 valence electrons. The summed E-state index contributed by atoms with van der Waals surface area (Å²) >= 11 is 0. The maximum absolute atomic E-state index is 13.7. The van der Waals surface area contributed by atoms with Gasteiger partial charge in [-0.2, -0.15) is 4.31 Å². The van der Waals surface area contributed by atoms with Crippen molar-refractivity contribution < 1.29 is 23.1 Å². The lowest BCUT2D eigenvalue weighted by atomic mass is 10.0. The van der Waals surface area contributed by atoms with Gasteiger partial charge in [-0.15, -0.1) is 0 Å². The van der Waals surface area contributed by atoms with Gasteiger partial charge < -0.3 is 14.7 Å². The van der Waals surface area contributed by atoms with Crippen molar-refractivity contribution in [2.24, 2.45) is 0 Å². The SMILES string of the molecule is CCCC[C@@H]1N(c2ccccc2)c2cc3c(cc2S(=O)(=O)N1C)-c1nc(C(=O)O)ccc1CO3. The first-order valence-corrected chi connectivity index (χ1v) is 12.6. The third-order valence-electron chi connectivity index (χ3n) is 6.38. The average molecular weight is 480 g/mol. The van der Waals surface area contributed by atoms with E-state index in [1.54, 1.807) is 25.2 Å². The van der Waals surface area contributed by atoms with Crippen LogP contribution in [-0.2, 0) is 16.6 Å². The Labute approximate surface area is 198 Å². The van der Waals surface area contributed by atoms with Gasteiger partial charge in [0.05, 0.1) is 11.4 Å². The van der Waals surface area contributed by atoms with Crippen LogP contribution in [0.5, 0.6) is 5.75 Å². The second-order valence-electron chi connectivity index (χ2n) is 8.46. The molecule has 5 rings (SSSR count). The van der Waals surface area contributed by atoms with E-state index in [9.17, 15) is 18.3 Å². The van der Waals surface area contributed by atoms with Crippen LogP contribution >= 0.6 is 0 Å². The summed E-state index contributed by atoms with van der Waals surface area (Å²) < 4.78 is 34.8. The summed E-state index contributed by atoms with van der Waals surface area (Å²) in [6.07, 6.45) is 2.11. The second kappa shape index (κ2) is 8.41. The van der Waals surface area contributed by atoms with Gasteiger partial charge in [0.1, 0.15) is 29.1 Å². The Bertz CT molecular complexity index is 1370. The van der Waals surface area contributed by atoms with Crippen molar-refractivity contribution >= 4 is 27.4 Å². The van der Waals surface area contributed by atoms with Crippen LogP contribution in [-0.4, -0.2) is 42.0 Å². The van der Waals surface area contributed by atoms with Gasteiger partial charge >= 0.3 is 5.97 Å². The number of unbranched alkanes of at least 4 members (excludes halogenated alkanes) is 1. The van der Waals surface area contributed by atoms with Gasteiger partial charge in [0.2, 0.25) is 10.0 Å². The number of aromatic carboxylic acids is 1. The van der Waals surface area contributed by atoms with E-state index in [4.69, 9.17) is 4.74 Å². The topological polar surface area (TPSA) is 100 Å². The molecule has 8 nitrogen and oxygen atoms in total. The highest BCUT2D eigenvalue weighted by atomic mass is 32.2. The van der Waals surface area contributed by atoms with Crippen molar-refractivity contribution in [2.45, 2.75) is 43.9 Å². The summed E-state index contributed by atoms with van der Waals surface area (Å²) in [7, 11) is -2.20. The molecule has 0 radical (unpaired) electrons. The Morgan fingerprint density at radius 1 is 1.18 bits per heavy atom. The number of sulfonamides is 1. The summed E-state index contributed by atoms with van der Waals surface area (Å²) in [5.41, 5.74) is 2.94. The summed E-state index contributed by atoms with van der Waals surface area (Å²) in [6, 6.07) is 16.1. The van der Waals surface area contributed by atoms with Crippen LogP contribution in [0.25, 0.3) is 11.3 Å². The zero-order chi connectivity index (χ0) is 24.0. The number of anilines is 2. The molecule has 0 fully saturated rings.